The van der Waals surface area contributed by atoms with E-state index in [0.29, 0.717) is 11.0 Å². The highest BCUT2D eigenvalue weighted by Gasteiger charge is 2.18. The third-order valence-corrected chi connectivity index (χ3v) is 3.34. The van der Waals surface area contributed by atoms with Crippen molar-refractivity contribution in [3.63, 3.8) is 0 Å². The lowest BCUT2D eigenvalue weighted by Gasteiger charge is -2.22. The first kappa shape index (κ1) is 10.8. The summed E-state index contributed by atoms with van der Waals surface area (Å²) in [5, 5.41) is 8.97. The fourth-order valence-corrected chi connectivity index (χ4v) is 2.30. The summed E-state index contributed by atoms with van der Waals surface area (Å²) in [4.78, 5) is 10.4. The summed E-state index contributed by atoms with van der Waals surface area (Å²) in [7, 11) is 0. The van der Waals surface area contributed by atoms with Gasteiger partial charge in [-0.25, -0.2) is 0 Å². The van der Waals surface area contributed by atoms with Gasteiger partial charge in [0.1, 0.15) is 6.04 Å². The van der Waals surface area contributed by atoms with Crippen molar-refractivity contribution >= 4 is 17.7 Å². The van der Waals surface area contributed by atoms with Gasteiger partial charge in [0.25, 0.3) is 0 Å². The maximum absolute atomic E-state index is 10.4. The standard InChI is InChI=1S/C8H15NO3S/c9-7(8(10)11)5-13-6-2-1-3-12-4-6/h6-7H,1-5,9H2,(H,10,11)/t6?,7-/m0/s1. The zero-order valence-corrected chi connectivity index (χ0v) is 8.26. The van der Waals surface area contributed by atoms with E-state index < -0.39 is 12.0 Å². The van der Waals surface area contributed by atoms with Gasteiger partial charge in [0.05, 0.1) is 6.61 Å². The molecular weight excluding hydrogens is 190 g/mol. The predicted octanol–water partition coefficient (Wildman–Crippen LogP) is 0.310. The number of ether oxygens (including phenoxy) is 1. The number of thioether (sulfide) groups is 1. The number of rotatable bonds is 4. The van der Waals surface area contributed by atoms with Crippen LogP contribution in [0.4, 0.5) is 0 Å². The van der Waals surface area contributed by atoms with Crippen LogP contribution in [0.1, 0.15) is 12.8 Å². The Bertz CT molecular complexity index is 171. The molecule has 0 amide bonds. The van der Waals surface area contributed by atoms with Crippen molar-refractivity contribution in [2.45, 2.75) is 24.1 Å². The van der Waals surface area contributed by atoms with Crippen LogP contribution >= 0.6 is 11.8 Å². The second-order valence-corrected chi connectivity index (χ2v) is 4.45. The molecule has 2 atom stereocenters. The molecule has 1 unspecified atom stereocenters. The Hall–Kier alpha value is -0.260. The third-order valence-electron chi connectivity index (χ3n) is 1.95. The minimum absolute atomic E-state index is 0.430. The lowest BCUT2D eigenvalue weighted by molar-refractivity contribution is -0.137. The van der Waals surface area contributed by atoms with Gasteiger partial charge in [0, 0.05) is 17.6 Å². The summed E-state index contributed by atoms with van der Waals surface area (Å²) in [5.74, 6) is -0.451. The quantitative estimate of drug-likeness (QED) is 0.691. The van der Waals surface area contributed by atoms with E-state index in [1.807, 2.05) is 0 Å². The molecule has 0 aliphatic carbocycles. The molecule has 3 N–H and O–H groups in total. The first-order valence-corrected chi connectivity index (χ1v) is 5.42. The number of carboxylic acid groups (broad SMARTS) is 1. The molecule has 1 heterocycles. The zero-order valence-electron chi connectivity index (χ0n) is 7.44. The molecule has 1 fully saturated rings. The molecule has 76 valence electrons. The average Bonchev–Trinajstić information content (AvgIpc) is 2.15. The Kier molecular flexibility index (Phi) is 4.55. The molecule has 4 nitrogen and oxygen atoms in total. The smallest absolute Gasteiger partial charge is 0.321 e. The number of aliphatic carboxylic acids is 1. The number of carboxylic acids is 1. The number of hydrogen-bond acceptors (Lipinski definition) is 4. The lowest BCUT2D eigenvalue weighted by atomic mass is 10.2. The van der Waals surface area contributed by atoms with Gasteiger partial charge >= 0.3 is 5.97 Å². The molecule has 1 rings (SSSR count). The Morgan fingerprint density at radius 1 is 1.77 bits per heavy atom. The minimum Gasteiger partial charge on any atom is -0.480 e. The van der Waals surface area contributed by atoms with Crippen LogP contribution in [0.3, 0.4) is 0 Å². The molecule has 1 aliphatic rings. The second-order valence-electron chi connectivity index (χ2n) is 3.12. The highest BCUT2D eigenvalue weighted by Crippen LogP contribution is 2.20. The van der Waals surface area contributed by atoms with E-state index >= 15 is 0 Å². The van der Waals surface area contributed by atoms with Crippen LogP contribution in [-0.2, 0) is 9.53 Å². The van der Waals surface area contributed by atoms with Crippen LogP contribution in [0.5, 0.6) is 0 Å². The first-order chi connectivity index (χ1) is 6.20. The Labute approximate surface area is 81.8 Å². The summed E-state index contributed by atoms with van der Waals surface area (Å²) >= 11 is 1.60. The van der Waals surface area contributed by atoms with E-state index in [1.54, 1.807) is 11.8 Å². The molecule has 5 heteroatoms. The fraction of sp³-hybridized carbons (Fsp3) is 0.875. The van der Waals surface area contributed by atoms with Gasteiger partial charge in [-0.2, -0.15) is 11.8 Å². The average molecular weight is 205 g/mol. The van der Waals surface area contributed by atoms with Gasteiger partial charge in [-0.3, -0.25) is 4.79 Å². The van der Waals surface area contributed by atoms with E-state index in [1.165, 1.54) is 0 Å². The summed E-state index contributed by atoms with van der Waals surface area (Å²) in [6, 6.07) is -0.744. The zero-order chi connectivity index (χ0) is 9.68. The van der Waals surface area contributed by atoms with Gasteiger partial charge in [-0.15, -0.1) is 0 Å². The van der Waals surface area contributed by atoms with Gasteiger partial charge < -0.3 is 15.6 Å². The second kappa shape index (κ2) is 5.47. The molecule has 0 radical (unpaired) electrons. The largest absolute Gasteiger partial charge is 0.480 e. The molecule has 0 aromatic heterocycles. The number of carbonyl (C=O) groups is 1. The Morgan fingerprint density at radius 3 is 3.08 bits per heavy atom. The van der Waals surface area contributed by atoms with E-state index in [2.05, 4.69) is 0 Å². The van der Waals surface area contributed by atoms with Gasteiger partial charge in [0.2, 0.25) is 0 Å². The molecule has 1 aliphatic heterocycles. The van der Waals surface area contributed by atoms with E-state index in [9.17, 15) is 4.79 Å². The van der Waals surface area contributed by atoms with Gasteiger partial charge in [-0.1, -0.05) is 0 Å². The topological polar surface area (TPSA) is 72.5 Å². The van der Waals surface area contributed by atoms with E-state index in [0.717, 1.165) is 26.1 Å². The molecule has 0 aromatic rings. The molecule has 0 bridgehead atoms. The van der Waals surface area contributed by atoms with Crippen molar-refractivity contribution in [1.29, 1.82) is 0 Å². The predicted molar refractivity (Wildman–Crippen MR) is 51.9 cm³/mol. The van der Waals surface area contributed by atoms with Gasteiger partial charge in [-0.05, 0) is 12.8 Å². The molecular formula is C8H15NO3S. The van der Waals surface area contributed by atoms with Crippen LogP contribution in [0.25, 0.3) is 0 Å². The fourth-order valence-electron chi connectivity index (χ4n) is 1.15. The van der Waals surface area contributed by atoms with E-state index in [4.69, 9.17) is 15.6 Å². The molecule has 0 spiro atoms. The van der Waals surface area contributed by atoms with E-state index in [-0.39, 0.29) is 0 Å². The first-order valence-electron chi connectivity index (χ1n) is 4.38. The van der Waals surface area contributed by atoms with Gasteiger partial charge in [0.15, 0.2) is 0 Å². The summed E-state index contributed by atoms with van der Waals surface area (Å²) in [6.45, 7) is 1.57. The summed E-state index contributed by atoms with van der Waals surface area (Å²) < 4.78 is 5.27. The molecule has 0 saturated carbocycles. The number of hydrogen-bond donors (Lipinski definition) is 2. The van der Waals surface area contributed by atoms with Crippen LogP contribution < -0.4 is 5.73 Å². The highest BCUT2D eigenvalue weighted by atomic mass is 32.2. The maximum atomic E-state index is 10.4. The summed E-state index contributed by atoms with van der Waals surface area (Å²) in [6.07, 6.45) is 2.18. The molecule has 1 saturated heterocycles. The maximum Gasteiger partial charge on any atom is 0.321 e. The van der Waals surface area contributed by atoms with Crippen molar-refractivity contribution in [2.24, 2.45) is 5.73 Å². The summed E-state index contributed by atoms with van der Waals surface area (Å²) in [5.41, 5.74) is 5.37. The minimum atomic E-state index is -0.927. The van der Waals surface area contributed by atoms with Crippen LogP contribution in [0, 0.1) is 0 Å². The molecule has 13 heavy (non-hydrogen) atoms. The van der Waals surface area contributed by atoms with Crippen molar-refractivity contribution in [2.75, 3.05) is 19.0 Å². The van der Waals surface area contributed by atoms with Crippen molar-refractivity contribution in [1.82, 2.24) is 0 Å². The lowest BCUT2D eigenvalue weighted by Crippen LogP contribution is -2.34. The van der Waals surface area contributed by atoms with Crippen molar-refractivity contribution in [3.05, 3.63) is 0 Å². The van der Waals surface area contributed by atoms with Crippen molar-refractivity contribution < 1.29 is 14.6 Å². The van der Waals surface area contributed by atoms with Crippen LogP contribution in [0.2, 0.25) is 0 Å². The van der Waals surface area contributed by atoms with Crippen molar-refractivity contribution in [3.8, 4) is 0 Å². The normalized spacial score (nSPS) is 25.5. The highest BCUT2D eigenvalue weighted by molar-refractivity contribution is 8.00. The Morgan fingerprint density at radius 2 is 2.54 bits per heavy atom. The SMILES string of the molecule is N[C@@H](CSC1CCCOC1)C(=O)O. The van der Waals surface area contributed by atoms with Crippen LogP contribution in [-0.4, -0.2) is 41.3 Å². The van der Waals surface area contributed by atoms with Crippen LogP contribution in [0.15, 0.2) is 0 Å². The molecule has 0 aromatic carbocycles. The number of nitrogens with two attached hydrogens (primary N) is 1. The third kappa shape index (κ3) is 3.97. The monoisotopic (exact) mass is 205 g/mol. The Balaban J connectivity index is 2.13.